The molecule has 0 aliphatic heterocycles. The molecule has 0 spiro atoms. The van der Waals surface area contributed by atoms with E-state index in [1.54, 1.807) is 0 Å². The first-order valence-corrected chi connectivity index (χ1v) is 6.33. The minimum absolute atomic E-state index is 0.156. The highest BCUT2D eigenvalue weighted by atomic mass is 16.5. The van der Waals surface area contributed by atoms with Gasteiger partial charge in [0, 0.05) is 18.1 Å². The van der Waals surface area contributed by atoms with Crippen molar-refractivity contribution in [3.63, 3.8) is 0 Å². The maximum atomic E-state index is 11.7. The van der Waals surface area contributed by atoms with E-state index in [0.717, 1.165) is 18.4 Å². The normalized spacial score (nSPS) is 32.1. The molecule has 1 aromatic rings. The van der Waals surface area contributed by atoms with Crippen molar-refractivity contribution in [2.45, 2.75) is 25.0 Å². The number of hydrogen-bond donors (Lipinski definition) is 2. The molecule has 0 radical (unpaired) electrons. The third kappa shape index (κ3) is 1.77. The molecule has 0 saturated heterocycles. The van der Waals surface area contributed by atoms with Crippen LogP contribution in [0.4, 0.5) is 4.79 Å². The summed E-state index contributed by atoms with van der Waals surface area (Å²) >= 11 is 0. The van der Waals surface area contributed by atoms with E-state index < -0.39 is 0 Å². The van der Waals surface area contributed by atoms with Crippen molar-refractivity contribution in [3.05, 3.63) is 35.9 Å². The van der Waals surface area contributed by atoms with Crippen molar-refractivity contribution in [2.75, 3.05) is 6.61 Å². The number of aliphatic hydroxyl groups is 1. The van der Waals surface area contributed by atoms with Crippen LogP contribution in [0, 0.1) is 11.8 Å². The van der Waals surface area contributed by atoms with Gasteiger partial charge in [0.05, 0.1) is 0 Å². The first kappa shape index (κ1) is 11.5. The fraction of sp³-hybridized carbons (Fsp3) is 0.500. The largest absolute Gasteiger partial charge is 0.445 e. The van der Waals surface area contributed by atoms with Crippen molar-refractivity contribution < 1.29 is 14.6 Å². The molecule has 1 aromatic carbocycles. The zero-order valence-electron chi connectivity index (χ0n) is 10.1. The van der Waals surface area contributed by atoms with Gasteiger partial charge < -0.3 is 15.2 Å². The number of ether oxygens (including phenoxy) is 1. The van der Waals surface area contributed by atoms with Crippen LogP contribution in [0.15, 0.2) is 30.3 Å². The van der Waals surface area contributed by atoms with Crippen molar-refractivity contribution in [1.82, 2.24) is 5.32 Å². The minimum atomic E-state index is -0.379. The maximum absolute atomic E-state index is 11.7. The number of benzene rings is 1. The zero-order chi connectivity index (χ0) is 12.6. The van der Waals surface area contributed by atoms with Gasteiger partial charge in [-0.1, -0.05) is 30.3 Å². The number of hydrogen-bond acceptors (Lipinski definition) is 3. The van der Waals surface area contributed by atoms with E-state index in [1.807, 2.05) is 30.3 Å². The number of amides is 1. The quantitative estimate of drug-likeness (QED) is 0.851. The Morgan fingerprint density at radius 2 is 2.11 bits per heavy atom. The van der Waals surface area contributed by atoms with Crippen LogP contribution in [-0.2, 0) is 11.3 Å². The highest BCUT2D eigenvalue weighted by molar-refractivity contribution is 5.69. The van der Waals surface area contributed by atoms with Crippen molar-refractivity contribution in [2.24, 2.45) is 11.8 Å². The Morgan fingerprint density at radius 1 is 1.39 bits per heavy atom. The van der Waals surface area contributed by atoms with Crippen LogP contribution in [0.25, 0.3) is 0 Å². The Labute approximate surface area is 106 Å². The van der Waals surface area contributed by atoms with Gasteiger partial charge >= 0.3 is 6.09 Å². The van der Waals surface area contributed by atoms with Crippen molar-refractivity contribution in [1.29, 1.82) is 0 Å². The minimum Gasteiger partial charge on any atom is -0.445 e. The monoisotopic (exact) mass is 247 g/mol. The Morgan fingerprint density at radius 3 is 2.67 bits per heavy atom. The highest BCUT2D eigenvalue weighted by Crippen LogP contribution is 2.61. The molecule has 18 heavy (non-hydrogen) atoms. The molecule has 4 heteroatoms. The molecule has 1 atom stereocenters. The average molecular weight is 247 g/mol. The lowest BCUT2D eigenvalue weighted by atomic mass is 9.42. The van der Waals surface area contributed by atoms with E-state index in [0.29, 0.717) is 5.92 Å². The second-order valence-corrected chi connectivity index (χ2v) is 5.30. The number of carbonyl (C=O) groups excluding carboxylic acids is 1. The Hall–Kier alpha value is -1.55. The van der Waals surface area contributed by atoms with Crippen LogP contribution in [-0.4, -0.2) is 23.3 Å². The van der Waals surface area contributed by atoms with E-state index in [4.69, 9.17) is 4.74 Å². The van der Waals surface area contributed by atoms with Gasteiger partial charge in [-0.15, -0.1) is 0 Å². The molecule has 2 bridgehead atoms. The predicted molar refractivity (Wildman–Crippen MR) is 65.8 cm³/mol. The van der Waals surface area contributed by atoms with Gasteiger partial charge in [-0.05, 0) is 24.3 Å². The summed E-state index contributed by atoms with van der Waals surface area (Å²) < 4.78 is 5.19. The molecule has 3 saturated carbocycles. The number of carbonyl (C=O) groups is 1. The molecule has 0 heterocycles. The van der Waals surface area contributed by atoms with Gasteiger partial charge in [0.15, 0.2) is 0 Å². The van der Waals surface area contributed by atoms with E-state index in [2.05, 4.69) is 5.32 Å². The van der Waals surface area contributed by atoms with Gasteiger partial charge in [0.25, 0.3) is 0 Å². The zero-order valence-corrected chi connectivity index (χ0v) is 10.1. The van der Waals surface area contributed by atoms with Crippen LogP contribution >= 0.6 is 0 Å². The fourth-order valence-corrected chi connectivity index (χ4v) is 3.07. The molecule has 1 amide bonds. The van der Waals surface area contributed by atoms with Gasteiger partial charge in [0.1, 0.15) is 6.61 Å². The third-order valence-corrected chi connectivity index (χ3v) is 4.29. The standard InChI is InChI=1S/C14H17NO3/c16-8-12-11-6-14(12,7-11)15-13(17)18-9-10-4-2-1-3-5-10/h1-5,11-12,16H,6-9H2,(H,15,17). The summed E-state index contributed by atoms with van der Waals surface area (Å²) in [6, 6.07) is 9.60. The van der Waals surface area contributed by atoms with Gasteiger partial charge in [0.2, 0.25) is 0 Å². The molecule has 3 aliphatic rings. The number of alkyl carbamates (subject to hydrolysis) is 1. The number of nitrogens with one attached hydrogen (secondary N) is 1. The molecular formula is C14H17NO3. The molecule has 3 fully saturated rings. The van der Waals surface area contributed by atoms with E-state index in [9.17, 15) is 9.90 Å². The highest BCUT2D eigenvalue weighted by Gasteiger charge is 2.65. The van der Waals surface area contributed by atoms with E-state index >= 15 is 0 Å². The topological polar surface area (TPSA) is 58.6 Å². The predicted octanol–water partition coefficient (Wildman–Crippen LogP) is 1.68. The molecule has 4 rings (SSSR count). The molecule has 4 nitrogen and oxygen atoms in total. The summed E-state index contributed by atoms with van der Waals surface area (Å²) in [5.74, 6) is 0.839. The lowest BCUT2D eigenvalue weighted by Gasteiger charge is -2.67. The molecule has 1 unspecified atom stereocenters. The SMILES string of the molecule is O=C(NC12CC(C1)C2CO)OCc1ccccc1. The molecule has 2 N–H and O–H groups in total. The van der Waals surface area contributed by atoms with Crippen LogP contribution in [0.5, 0.6) is 0 Å². The number of rotatable bonds is 4. The third-order valence-electron chi connectivity index (χ3n) is 4.29. The van der Waals surface area contributed by atoms with Gasteiger partial charge in [-0.2, -0.15) is 0 Å². The Kier molecular flexibility index (Phi) is 2.74. The summed E-state index contributed by atoms with van der Waals surface area (Å²) in [5.41, 5.74) is 0.802. The fourth-order valence-electron chi connectivity index (χ4n) is 3.07. The Balaban J connectivity index is 1.48. The molecule has 96 valence electrons. The Bertz CT molecular complexity index is 440. The molecular weight excluding hydrogens is 230 g/mol. The van der Waals surface area contributed by atoms with E-state index in [1.165, 1.54) is 0 Å². The van der Waals surface area contributed by atoms with Crippen molar-refractivity contribution >= 4 is 6.09 Å². The maximum Gasteiger partial charge on any atom is 0.407 e. The summed E-state index contributed by atoms with van der Waals surface area (Å²) in [6.07, 6.45) is 1.59. The van der Waals surface area contributed by atoms with Gasteiger partial charge in [-0.25, -0.2) is 4.79 Å². The summed E-state index contributed by atoms with van der Waals surface area (Å²) in [6.45, 7) is 0.444. The second kappa shape index (κ2) is 4.28. The smallest absolute Gasteiger partial charge is 0.407 e. The lowest BCUT2D eigenvalue weighted by Crippen LogP contribution is -2.76. The summed E-state index contributed by atoms with van der Waals surface area (Å²) in [4.78, 5) is 11.7. The van der Waals surface area contributed by atoms with Gasteiger partial charge in [-0.3, -0.25) is 0 Å². The van der Waals surface area contributed by atoms with Crippen LogP contribution < -0.4 is 5.32 Å². The lowest BCUT2D eigenvalue weighted by molar-refractivity contribution is -0.151. The summed E-state index contributed by atoms with van der Waals surface area (Å²) in [7, 11) is 0. The van der Waals surface area contributed by atoms with Crippen molar-refractivity contribution in [3.8, 4) is 0 Å². The first-order chi connectivity index (χ1) is 8.73. The van der Waals surface area contributed by atoms with Crippen LogP contribution in [0.3, 0.4) is 0 Å². The summed E-state index contributed by atoms with van der Waals surface area (Å²) in [5, 5.41) is 12.1. The van der Waals surface area contributed by atoms with Crippen LogP contribution in [0.2, 0.25) is 0 Å². The average Bonchev–Trinajstić information content (AvgIpc) is 2.33. The van der Waals surface area contributed by atoms with E-state index in [-0.39, 0.29) is 30.8 Å². The molecule has 0 aromatic heterocycles. The second-order valence-electron chi connectivity index (χ2n) is 5.30. The van der Waals surface area contributed by atoms with Crippen LogP contribution in [0.1, 0.15) is 18.4 Å². The number of aliphatic hydroxyl groups excluding tert-OH is 1. The molecule has 3 aliphatic carbocycles. The first-order valence-electron chi connectivity index (χ1n) is 6.33.